The summed E-state index contributed by atoms with van der Waals surface area (Å²) in [6, 6.07) is 0. The van der Waals surface area contributed by atoms with Crippen molar-refractivity contribution >= 4 is 32.6 Å². The first kappa shape index (κ1) is 26.6. The van der Waals surface area contributed by atoms with E-state index in [0.717, 1.165) is 13.1 Å². The Bertz CT molecular complexity index is 1130. The molecule has 0 spiro atoms. The number of nitrogens with one attached hydrogen (secondary N) is 1. The molecule has 0 radical (unpaired) electrons. The molecule has 0 aromatic carbocycles. The summed E-state index contributed by atoms with van der Waals surface area (Å²) in [4.78, 5) is 38.9. The zero-order chi connectivity index (χ0) is 26.0. The van der Waals surface area contributed by atoms with Crippen LogP contribution in [-0.4, -0.2) is 94.3 Å². The molecule has 14 nitrogen and oxygen atoms in total. The van der Waals surface area contributed by atoms with Gasteiger partial charge in [-0.25, -0.2) is 14.7 Å². The van der Waals surface area contributed by atoms with Crippen molar-refractivity contribution in [2.75, 3.05) is 31.0 Å². The van der Waals surface area contributed by atoms with E-state index >= 15 is 0 Å². The summed E-state index contributed by atoms with van der Waals surface area (Å²) >= 11 is 6.61. The lowest BCUT2D eigenvalue weighted by molar-refractivity contribution is -0.0207. The van der Waals surface area contributed by atoms with Gasteiger partial charge in [-0.1, -0.05) is 18.0 Å². The van der Waals surface area contributed by atoms with E-state index in [0.29, 0.717) is 29.2 Å². The number of fused-ring (bicyclic) bond motifs is 2. The van der Waals surface area contributed by atoms with Crippen LogP contribution < -0.4 is 5.43 Å². The zero-order valence-corrected chi connectivity index (χ0v) is 22.0. The minimum atomic E-state index is -4.81. The maximum Gasteiger partial charge on any atom is 0.340 e. The molecule has 4 heterocycles. The molecule has 4 unspecified atom stereocenters. The number of aliphatic imine (C=N–C) groups is 1. The van der Waals surface area contributed by atoms with Crippen molar-refractivity contribution in [3.05, 3.63) is 17.7 Å². The van der Waals surface area contributed by atoms with Gasteiger partial charge in [-0.15, -0.1) is 0 Å². The van der Waals surface area contributed by atoms with Gasteiger partial charge in [-0.05, 0) is 31.6 Å². The second-order valence-electron chi connectivity index (χ2n) is 10.0. The van der Waals surface area contributed by atoms with Gasteiger partial charge in [-0.2, -0.15) is 0 Å². The number of ether oxygens (including phenoxy) is 1. The quantitative estimate of drug-likeness (QED) is 0.156. The molecule has 3 fully saturated rings. The molecule has 1 saturated carbocycles. The maximum absolute atomic E-state index is 12.0. The fraction of sp³-hybridized carbons (Fsp3) is 0.789. The highest BCUT2D eigenvalue weighted by Crippen LogP contribution is 2.55. The number of halogens is 1. The number of aliphatic hydroxyl groups excluding tert-OH is 2. The summed E-state index contributed by atoms with van der Waals surface area (Å²) in [6.07, 6.45) is -0.229. The monoisotopic (exact) mass is 569 g/mol. The summed E-state index contributed by atoms with van der Waals surface area (Å²) in [5, 5.41) is 20.0. The molecule has 0 amide bonds. The van der Waals surface area contributed by atoms with Gasteiger partial charge in [0, 0.05) is 13.1 Å². The van der Waals surface area contributed by atoms with Crippen LogP contribution in [0.5, 0.6) is 0 Å². The third-order valence-electron chi connectivity index (χ3n) is 7.10. The van der Waals surface area contributed by atoms with E-state index in [4.69, 9.17) is 30.6 Å². The number of hydrogen-bond donors (Lipinski definition) is 6. The number of aliphatic hydroxyl groups is 2. The third-order valence-corrected chi connectivity index (χ3v) is 10.7. The first-order chi connectivity index (χ1) is 16.7. The Morgan fingerprint density at radius 2 is 1.89 bits per heavy atom. The highest BCUT2D eigenvalue weighted by Gasteiger charge is 2.48. The molecule has 1 aromatic rings. The molecular weight excluding hydrogens is 540 g/mol. The Balaban J connectivity index is 1.34. The van der Waals surface area contributed by atoms with E-state index in [1.165, 1.54) is 25.5 Å². The van der Waals surface area contributed by atoms with Gasteiger partial charge >= 0.3 is 15.2 Å². The fourth-order valence-electron chi connectivity index (χ4n) is 5.53. The van der Waals surface area contributed by atoms with Crippen molar-refractivity contribution < 1.29 is 43.3 Å². The summed E-state index contributed by atoms with van der Waals surface area (Å²) in [7, 11) is -9.48. The van der Waals surface area contributed by atoms with Crippen LogP contribution >= 0.6 is 26.8 Å². The highest BCUT2D eigenvalue weighted by molar-refractivity contribution is 7.70. The van der Waals surface area contributed by atoms with Crippen molar-refractivity contribution in [3.63, 3.8) is 0 Å². The minimum Gasteiger partial charge on any atom is -0.387 e. The molecular formula is C19H30ClN5O9P2. The van der Waals surface area contributed by atoms with Crippen LogP contribution in [0.3, 0.4) is 0 Å². The van der Waals surface area contributed by atoms with Crippen molar-refractivity contribution in [3.8, 4) is 0 Å². The Morgan fingerprint density at radius 3 is 2.53 bits per heavy atom. The Kier molecular flexibility index (Phi) is 6.86. The molecule has 1 aromatic heterocycles. The summed E-state index contributed by atoms with van der Waals surface area (Å²) in [6.45, 7) is 2.72. The lowest BCUT2D eigenvalue weighted by Crippen LogP contribution is -2.46. The molecule has 0 bridgehead atoms. The number of hydrogen-bond acceptors (Lipinski definition) is 10. The van der Waals surface area contributed by atoms with Crippen LogP contribution in [0.2, 0.25) is 0 Å². The van der Waals surface area contributed by atoms with E-state index in [9.17, 15) is 24.2 Å². The molecule has 3 aliphatic heterocycles. The van der Waals surface area contributed by atoms with Gasteiger partial charge in [0.15, 0.2) is 17.6 Å². The third kappa shape index (κ3) is 5.26. The van der Waals surface area contributed by atoms with E-state index in [1.54, 1.807) is 11.6 Å². The minimum absolute atomic E-state index is 0.347. The van der Waals surface area contributed by atoms with Gasteiger partial charge in [-0.3, -0.25) is 14.6 Å². The van der Waals surface area contributed by atoms with Gasteiger partial charge in [0.2, 0.25) is 5.12 Å². The largest absolute Gasteiger partial charge is 0.387 e. The number of nitrogens with zero attached hydrogens (tertiary/aromatic N) is 4. The number of rotatable bonds is 6. The molecule has 8 atom stereocenters. The number of likely N-dealkylation sites (tertiary alicyclic amines) is 1. The first-order valence-electron chi connectivity index (χ1n) is 11.7. The van der Waals surface area contributed by atoms with Crippen LogP contribution in [0.1, 0.15) is 43.8 Å². The van der Waals surface area contributed by atoms with Gasteiger partial charge in [0.25, 0.3) is 0 Å². The van der Waals surface area contributed by atoms with E-state index in [-0.39, 0.29) is 0 Å². The second-order valence-corrected chi connectivity index (χ2v) is 14.7. The van der Waals surface area contributed by atoms with Crippen molar-refractivity contribution in [1.82, 2.24) is 14.6 Å². The Hall–Kier alpha value is -1.05. The second kappa shape index (κ2) is 9.30. The van der Waals surface area contributed by atoms with E-state index in [2.05, 4.69) is 20.3 Å². The number of amidine groups is 1. The number of alkyl halides is 1. The SMILES string of the molecule is CC1(Cl)N=C(N2CC3CCCC3C2)c2ncc([C@@H]3O[C@H](COP(=O)(O)CP(=O)(O)O)[C@@H](O)[C@H]3O)n2N1. The standard InChI is InChI=1S/C19H30ClN5O9P2/c1-19(20)22-18(24-6-10-3-2-4-11(10)7-24)17-21-5-12(25(17)23-19)16-15(27)14(26)13(34-16)8-33-36(31,32)9-35(28,29)30/h5,10-11,13-16,23,26-27H,2-4,6-9H2,1H3,(H,31,32)(H2,28,29,30)/t10?,11?,13-,14-,15-,16+,19?/m1/s1. The highest BCUT2D eigenvalue weighted by atomic mass is 35.5. The summed E-state index contributed by atoms with van der Waals surface area (Å²) < 4.78 is 35.1. The van der Waals surface area contributed by atoms with Gasteiger partial charge < -0.3 is 39.1 Å². The average Bonchev–Trinajstić information content (AvgIpc) is 3.48. The summed E-state index contributed by atoms with van der Waals surface area (Å²) in [5.74, 6) is 0.948. The smallest absolute Gasteiger partial charge is 0.340 e. The topological polar surface area (TPSA) is 199 Å². The molecule has 1 aliphatic carbocycles. The maximum atomic E-state index is 12.0. The van der Waals surface area contributed by atoms with Crippen LogP contribution in [0.15, 0.2) is 11.2 Å². The molecule has 202 valence electrons. The lowest BCUT2D eigenvalue weighted by atomic mass is 10.0. The first-order valence-corrected chi connectivity index (χ1v) is 15.6. The zero-order valence-electron chi connectivity index (χ0n) is 19.4. The average molecular weight is 570 g/mol. The molecule has 2 saturated heterocycles. The van der Waals surface area contributed by atoms with Crippen LogP contribution in [0.25, 0.3) is 0 Å². The van der Waals surface area contributed by atoms with Gasteiger partial charge in [0.1, 0.15) is 24.4 Å². The molecule has 36 heavy (non-hydrogen) atoms. The van der Waals surface area contributed by atoms with Crippen LogP contribution in [0, 0.1) is 11.8 Å². The molecule has 6 N–H and O–H groups in total. The van der Waals surface area contributed by atoms with E-state index in [1.807, 2.05) is 0 Å². The molecule has 5 rings (SSSR count). The van der Waals surface area contributed by atoms with Crippen LogP contribution in [-0.2, 0) is 18.4 Å². The Morgan fingerprint density at radius 1 is 1.22 bits per heavy atom. The predicted octanol–water partition coefficient (Wildman–Crippen LogP) is 0.330. The number of aromatic nitrogens is 2. The fourth-order valence-corrected chi connectivity index (χ4v) is 8.27. The molecule has 17 heteroatoms. The van der Waals surface area contributed by atoms with Crippen molar-refractivity contribution in [2.45, 2.75) is 55.7 Å². The van der Waals surface area contributed by atoms with Gasteiger partial charge in [0.05, 0.1) is 18.5 Å². The van der Waals surface area contributed by atoms with Crippen LogP contribution in [0.4, 0.5) is 0 Å². The van der Waals surface area contributed by atoms with E-state index < -0.39 is 57.2 Å². The normalized spacial score (nSPS) is 37.9. The number of imidazole rings is 1. The Labute approximate surface area is 211 Å². The predicted molar refractivity (Wildman–Crippen MR) is 127 cm³/mol. The summed E-state index contributed by atoms with van der Waals surface area (Å²) in [5.41, 5.74) is 3.38. The van der Waals surface area contributed by atoms with Crippen molar-refractivity contribution in [2.24, 2.45) is 16.8 Å². The molecule has 4 aliphatic rings. The lowest BCUT2D eigenvalue weighted by Gasteiger charge is -2.33. The van der Waals surface area contributed by atoms with Crippen molar-refractivity contribution in [1.29, 1.82) is 0 Å².